The maximum Gasteiger partial charge on any atom is 0.272 e. The molecule has 0 aliphatic heterocycles. The zero-order valence-electron chi connectivity index (χ0n) is 22.2. The minimum absolute atomic E-state index is 0.00351. The van der Waals surface area contributed by atoms with E-state index in [0.29, 0.717) is 35.6 Å². The smallest absolute Gasteiger partial charge is 0.272 e. The van der Waals surface area contributed by atoms with Crippen LogP contribution in [0.3, 0.4) is 0 Å². The molecule has 1 aliphatic rings. The number of benzene rings is 1. The van der Waals surface area contributed by atoms with Crippen molar-refractivity contribution < 1.29 is 24.0 Å². The average molecular weight is 546 g/mol. The van der Waals surface area contributed by atoms with E-state index < -0.39 is 5.91 Å². The molecule has 0 saturated heterocycles. The van der Waals surface area contributed by atoms with Crippen molar-refractivity contribution in [2.24, 2.45) is 5.10 Å². The van der Waals surface area contributed by atoms with Crippen LogP contribution >= 0.6 is 0 Å². The van der Waals surface area contributed by atoms with Crippen LogP contribution in [0.4, 0.5) is 5.69 Å². The molecule has 6 N–H and O–H groups in total. The number of aldehydes is 1. The topological polar surface area (TPSA) is 177 Å². The Morgan fingerprint density at radius 3 is 2.55 bits per heavy atom. The SMILES string of the molecule is CNC(=O)CC/C(C)=N/NC(=O)CCC(=O)NC1C=c2cc(C(=O)Nc3ccc4[nH]c(C=O)cc4c3)[nH]c2=CC1. The summed E-state index contributed by atoms with van der Waals surface area (Å²) in [4.78, 5) is 65.6. The van der Waals surface area contributed by atoms with Crippen molar-refractivity contribution in [3.63, 3.8) is 0 Å². The molecule has 1 aliphatic carbocycles. The summed E-state index contributed by atoms with van der Waals surface area (Å²) >= 11 is 0. The zero-order valence-corrected chi connectivity index (χ0v) is 22.2. The third kappa shape index (κ3) is 7.31. The van der Waals surface area contributed by atoms with E-state index >= 15 is 0 Å². The first kappa shape index (κ1) is 28.0. The Kier molecular flexibility index (Phi) is 8.89. The standard InChI is InChI=1S/C28H31N7O5/c1-16(3-8-25(37)29-2)34-35-27(39)10-9-26(38)31-19-4-7-23-18(12-19)14-24(33-23)28(40)32-20-5-6-22-17(11-20)13-21(15-36)30-22/h5-7,11-15,19,30,33H,3-4,8-10H2,1-2H3,(H,29,37)(H,31,38)(H,32,40)(H,35,39)/b34-16+. The highest BCUT2D eigenvalue weighted by atomic mass is 16.2. The lowest BCUT2D eigenvalue weighted by Gasteiger charge is -2.14. The first-order valence-corrected chi connectivity index (χ1v) is 12.9. The monoisotopic (exact) mass is 545 g/mol. The van der Waals surface area contributed by atoms with Crippen LogP contribution in [0.25, 0.3) is 23.1 Å². The van der Waals surface area contributed by atoms with Crippen LogP contribution in [-0.4, -0.2) is 58.7 Å². The molecule has 2 aromatic heterocycles. The highest BCUT2D eigenvalue weighted by Crippen LogP contribution is 2.20. The van der Waals surface area contributed by atoms with Crippen molar-refractivity contribution in [2.45, 2.75) is 45.1 Å². The van der Waals surface area contributed by atoms with Gasteiger partial charge in [0.05, 0.1) is 11.7 Å². The zero-order chi connectivity index (χ0) is 28.6. The quantitative estimate of drug-likeness (QED) is 0.118. The van der Waals surface area contributed by atoms with Crippen LogP contribution in [-0.2, 0) is 14.4 Å². The maximum absolute atomic E-state index is 12.8. The van der Waals surface area contributed by atoms with E-state index in [4.69, 9.17) is 0 Å². The molecule has 40 heavy (non-hydrogen) atoms. The lowest BCUT2D eigenvalue weighted by atomic mass is 10.1. The predicted molar refractivity (Wildman–Crippen MR) is 151 cm³/mol. The summed E-state index contributed by atoms with van der Waals surface area (Å²) in [7, 11) is 1.55. The fourth-order valence-corrected chi connectivity index (χ4v) is 4.24. The summed E-state index contributed by atoms with van der Waals surface area (Å²) in [5, 5.41) is 14.6. The highest BCUT2D eigenvalue weighted by molar-refractivity contribution is 6.04. The molecule has 4 amide bonds. The number of H-pyrrole nitrogens is 2. The summed E-state index contributed by atoms with van der Waals surface area (Å²) in [6, 6.07) is 8.48. The summed E-state index contributed by atoms with van der Waals surface area (Å²) in [5.74, 6) is -1.10. The number of hydrazone groups is 1. The predicted octanol–water partition coefficient (Wildman–Crippen LogP) is 0.809. The number of hydrogen-bond donors (Lipinski definition) is 6. The average Bonchev–Trinajstić information content (AvgIpc) is 3.57. The molecule has 0 bridgehead atoms. The number of fused-ring (bicyclic) bond motifs is 2. The van der Waals surface area contributed by atoms with Gasteiger partial charge in [-0.1, -0.05) is 12.2 Å². The minimum Gasteiger partial charge on any atom is -0.359 e. The number of carbonyl (C=O) groups is 5. The van der Waals surface area contributed by atoms with Gasteiger partial charge in [0.25, 0.3) is 5.91 Å². The second-order valence-electron chi connectivity index (χ2n) is 9.49. The molecule has 1 atom stereocenters. The van der Waals surface area contributed by atoms with Crippen LogP contribution in [0.2, 0.25) is 0 Å². The van der Waals surface area contributed by atoms with Crippen molar-refractivity contribution in [3.8, 4) is 0 Å². The van der Waals surface area contributed by atoms with Crippen molar-refractivity contribution >= 4 is 64.4 Å². The molecule has 12 nitrogen and oxygen atoms in total. The van der Waals surface area contributed by atoms with E-state index in [-0.39, 0.29) is 43.0 Å². The number of carbonyl (C=O) groups excluding carboxylic acids is 5. The van der Waals surface area contributed by atoms with Gasteiger partial charge in [-0.3, -0.25) is 24.0 Å². The Hall–Kier alpha value is -5.00. The van der Waals surface area contributed by atoms with Gasteiger partial charge < -0.3 is 25.9 Å². The maximum atomic E-state index is 12.8. The van der Waals surface area contributed by atoms with Gasteiger partial charge in [0.1, 0.15) is 5.69 Å². The van der Waals surface area contributed by atoms with Gasteiger partial charge in [0.2, 0.25) is 17.7 Å². The lowest BCUT2D eigenvalue weighted by molar-refractivity contribution is -0.126. The van der Waals surface area contributed by atoms with E-state index in [1.165, 1.54) is 0 Å². The Morgan fingerprint density at radius 1 is 1.00 bits per heavy atom. The Labute approximate surface area is 229 Å². The van der Waals surface area contributed by atoms with Crippen molar-refractivity contribution in [1.29, 1.82) is 0 Å². The number of nitrogens with zero attached hydrogens (tertiary/aromatic N) is 1. The number of aromatic amines is 2. The van der Waals surface area contributed by atoms with Gasteiger partial charge in [-0.15, -0.1) is 0 Å². The van der Waals surface area contributed by atoms with Gasteiger partial charge in [-0.2, -0.15) is 5.10 Å². The van der Waals surface area contributed by atoms with Crippen molar-refractivity contribution in [2.75, 3.05) is 12.4 Å². The molecular formula is C28H31N7O5. The number of amides is 4. The normalized spacial score (nSPS) is 14.3. The fraction of sp³-hybridized carbons (Fsp3) is 0.286. The molecular weight excluding hydrogens is 514 g/mol. The van der Waals surface area contributed by atoms with Crippen LogP contribution in [0.1, 0.15) is 60.0 Å². The largest absolute Gasteiger partial charge is 0.359 e. The van der Waals surface area contributed by atoms with E-state index in [1.54, 1.807) is 44.3 Å². The van der Waals surface area contributed by atoms with Crippen LogP contribution in [0.5, 0.6) is 0 Å². The minimum atomic E-state index is -0.392. The molecule has 0 fully saturated rings. The first-order valence-electron chi connectivity index (χ1n) is 12.9. The number of nitrogens with one attached hydrogen (secondary N) is 6. The van der Waals surface area contributed by atoms with E-state index in [9.17, 15) is 24.0 Å². The number of anilines is 1. The van der Waals surface area contributed by atoms with Gasteiger partial charge in [0.15, 0.2) is 6.29 Å². The Morgan fingerprint density at radius 2 is 1.77 bits per heavy atom. The fourth-order valence-electron chi connectivity index (χ4n) is 4.24. The summed E-state index contributed by atoms with van der Waals surface area (Å²) in [5.41, 5.74) is 5.23. The lowest BCUT2D eigenvalue weighted by Crippen LogP contribution is -2.39. The molecule has 1 aromatic carbocycles. The van der Waals surface area contributed by atoms with E-state index in [1.807, 2.05) is 12.2 Å². The van der Waals surface area contributed by atoms with Crippen LogP contribution in [0, 0.1) is 0 Å². The summed E-state index contributed by atoms with van der Waals surface area (Å²) in [6.07, 6.45) is 5.72. The third-order valence-electron chi connectivity index (χ3n) is 6.40. The summed E-state index contributed by atoms with van der Waals surface area (Å²) in [6.45, 7) is 1.71. The first-order chi connectivity index (χ1) is 19.2. The summed E-state index contributed by atoms with van der Waals surface area (Å²) < 4.78 is 0. The third-order valence-corrected chi connectivity index (χ3v) is 6.40. The Bertz CT molecular complexity index is 1620. The van der Waals surface area contributed by atoms with Crippen LogP contribution in [0.15, 0.2) is 35.4 Å². The molecule has 1 unspecified atom stereocenters. The van der Waals surface area contributed by atoms with Gasteiger partial charge in [0, 0.05) is 54.0 Å². The number of rotatable bonds is 11. The van der Waals surface area contributed by atoms with Gasteiger partial charge in [-0.05, 0) is 55.3 Å². The highest BCUT2D eigenvalue weighted by Gasteiger charge is 2.16. The molecule has 0 spiro atoms. The van der Waals surface area contributed by atoms with Gasteiger partial charge in [-0.25, -0.2) is 5.43 Å². The molecule has 0 saturated carbocycles. The molecule has 4 rings (SSSR count). The second kappa shape index (κ2) is 12.7. The Balaban J connectivity index is 1.28. The van der Waals surface area contributed by atoms with E-state index in [2.05, 4.69) is 36.4 Å². The van der Waals surface area contributed by atoms with Crippen molar-refractivity contribution in [1.82, 2.24) is 26.0 Å². The molecule has 12 heteroatoms. The van der Waals surface area contributed by atoms with Gasteiger partial charge >= 0.3 is 0 Å². The molecule has 0 radical (unpaired) electrons. The van der Waals surface area contributed by atoms with E-state index in [0.717, 1.165) is 27.8 Å². The number of aromatic nitrogens is 2. The second-order valence-corrected chi connectivity index (χ2v) is 9.49. The molecule has 208 valence electrons. The molecule has 2 heterocycles. The number of hydrogen-bond acceptors (Lipinski definition) is 6. The van der Waals surface area contributed by atoms with Crippen molar-refractivity contribution in [3.05, 3.63) is 52.3 Å². The van der Waals surface area contributed by atoms with Crippen LogP contribution < -0.4 is 31.9 Å². The molecule has 3 aromatic rings.